The third-order valence-electron chi connectivity index (χ3n) is 7.35. The summed E-state index contributed by atoms with van der Waals surface area (Å²) in [7, 11) is 1.68. The van der Waals surface area contributed by atoms with E-state index in [1.807, 2.05) is 23.1 Å². The minimum Gasteiger partial charge on any atom is -0.383 e. The number of hydrogen-bond acceptors (Lipinski definition) is 4. The number of ether oxygens (including phenoxy) is 1. The number of benzene rings is 2. The first-order valence-corrected chi connectivity index (χ1v) is 12.2. The summed E-state index contributed by atoms with van der Waals surface area (Å²) in [6, 6.07) is 22.7. The zero-order valence-corrected chi connectivity index (χ0v) is 20.3. The van der Waals surface area contributed by atoms with Gasteiger partial charge in [-0.15, -0.1) is 0 Å². The highest BCUT2D eigenvalue weighted by Crippen LogP contribution is 2.44. The van der Waals surface area contributed by atoms with Crippen LogP contribution in [0.15, 0.2) is 72.9 Å². The zero-order valence-electron chi connectivity index (χ0n) is 20.3. The van der Waals surface area contributed by atoms with Crippen molar-refractivity contribution >= 4 is 11.8 Å². The normalized spacial score (nSPS) is 21.8. The highest BCUT2D eigenvalue weighted by atomic mass is 16.5. The number of methoxy groups -OCH3 is 1. The SMILES string of the molecule is COC[C@@H]1[C@H](c2ccc(-c3ccccc3C)cc2)[C@@H]2CCN(C(=O)Cc3ccccn3)CC(=O)N12. The molecule has 2 amide bonds. The number of pyridine rings is 1. The number of carbonyl (C=O) groups excluding carboxylic acids is 2. The Balaban J connectivity index is 1.34. The first-order chi connectivity index (χ1) is 17.1. The fourth-order valence-electron chi connectivity index (χ4n) is 5.61. The second-order valence-electron chi connectivity index (χ2n) is 9.46. The molecule has 0 N–H and O–H groups in total. The fraction of sp³-hybridized carbons (Fsp3) is 0.345. The van der Waals surface area contributed by atoms with Gasteiger partial charge in [0.15, 0.2) is 0 Å². The molecule has 35 heavy (non-hydrogen) atoms. The summed E-state index contributed by atoms with van der Waals surface area (Å²) in [5, 5.41) is 0. The summed E-state index contributed by atoms with van der Waals surface area (Å²) in [5.41, 5.74) is 5.61. The molecule has 2 aromatic carbocycles. The minimum absolute atomic E-state index is 0.00305. The Hall–Kier alpha value is -3.51. The number of hydrogen-bond donors (Lipinski definition) is 0. The van der Waals surface area contributed by atoms with Crippen LogP contribution >= 0.6 is 0 Å². The Labute approximate surface area is 206 Å². The average Bonchev–Trinajstić information content (AvgIpc) is 3.00. The predicted octanol–water partition coefficient (Wildman–Crippen LogP) is 3.84. The summed E-state index contributed by atoms with van der Waals surface area (Å²) in [4.78, 5) is 34.1. The van der Waals surface area contributed by atoms with Crippen molar-refractivity contribution in [3.8, 4) is 11.1 Å². The van der Waals surface area contributed by atoms with Crippen molar-refractivity contribution < 1.29 is 14.3 Å². The van der Waals surface area contributed by atoms with Crippen molar-refractivity contribution in [2.24, 2.45) is 0 Å². The molecular weight excluding hydrogens is 438 g/mol. The summed E-state index contributed by atoms with van der Waals surface area (Å²) in [5.74, 6) is 0.134. The fourth-order valence-corrected chi connectivity index (χ4v) is 5.61. The van der Waals surface area contributed by atoms with Gasteiger partial charge >= 0.3 is 0 Å². The third-order valence-corrected chi connectivity index (χ3v) is 7.35. The van der Waals surface area contributed by atoms with Crippen LogP contribution < -0.4 is 0 Å². The van der Waals surface area contributed by atoms with Gasteiger partial charge in [0.1, 0.15) is 0 Å². The Morgan fingerprint density at radius 1 is 1.06 bits per heavy atom. The lowest BCUT2D eigenvalue weighted by atomic mass is 9.73. The van der Waals surface area contributed by atoms with Gasteiger partial charge in [-0.1, -0.05) is 54.6 Å². The molecule has 6 heteroatoms. The smallest absolute Gasteiger partial charge is 0.242 e. The monoisotopic (exact) mass is 469 g/mol. The van der Waals surface area contributed by atoms with Crippen LogP contribution in [0, 0.1) is 6.92 Å². The molecule has 3 aromatic rings. The van der Waals surface area contributed by atoms with Crippen LogP contribution in [0.1, 0.15) is 29.2 Å². The van der Waals surface area contributed by atoms with E-state index in [0.29, 0.717) is 13.2 Å². The van der Waals surface area contributed by atoms with Crippen molar-refractivity contribution in [1.29, 1.82) is 0 Å². The van der Waals surface area contributed by atoms with E-state index in [4.69, 9.17) is 4.74 Å². The van der Waals surface area contributed by atoms with E-state index in [-0.39, 0.29) is 42.8 Å². The number of amides is 2. The number of aromatic nitrogens is 1. The molecule has 3 atom stereocenters. The molecule has 180 valence electrons. The van der Waals surface area contributed by atoms with Gasteiger partial charge in [-0.05, 0) is 47.7 Å². The number of fused-ring (bicyclic) bond motifs is 1. The van der Waals surface area contributed by atoms with E-state index in [1.54, 1.807) is 18.2 Å². The van der Waals surface area contributed by atoms with Crippen LogP contribution in [0.4, 0.5) is 0 Å². The zero-order chi connectivity index (χ0) is 24.4. The minimum atomic E-state index is -0.0537. The van der Waals surface area contributed by atoms with Gasteiger partial charge in [0, 0.05) is 37.5 Å². The van der Waals surface area contributed by atoms with Crippen LogP contribution in [-0.4, -0.2) is 65.5 Å². The van der Waals surface area contributed by atoms with Crippen molar-refractivity contribution in [3.63, 3.8) is 0 Å². The van der Waals surface area contributed by atoms with Crippen molar-refractivity contribution in [1.82, 2.24) is 14.8 Å². The second-order valence-corrected chi connectivity index (χ2v) is 9.46. The first kappa shape index (κ1) is 23.2. The lowest BCUT2D eigenvalue weighted by molar-refractivity contribution is -0.151. The summed E-state index contributed by atoms with van der Waals surface area (Å²) in [6.45, 7) is 3.28. The number of aryl methyl sites for hydroxylation is 1. The van der Waals surface area contributed by atoms with E-state index < -0.39 is 0 Å². The number of nitrogens with zero attached hydrogens (tertiary/aromatic N) is 3. The molecule has 2 aliphatic rings. The number of rotatable bonds is 6. The molecule has 0 aliphatic carbocycles. The standard InChI is InChI=1S/C29H31N3O3/c1-20-7-3-4-9-24(20)21-10-12-22(13-11-21)29-25-14-16-31(18-28(34)32(25)26(29)19-35-2)27(33)17-23-8-5-6-15-30-23/h3-13,15,25-26,29H,14,16-19H2,1-2H3/t25-,26+,29+/m0/s1. The molecule has 0 unspecified atom stereocenters. The van der Waals surface area contributed by atoms with Gasteiger partial charge in [0.2, 0.25) is 11.8 Å². The quantitative estimate of drug-likeness (QED) is 0.550. The molecule has 0 spiro atoms. The lowest BCUT2D eigenvalue weighted by Crippen LogP contribution is -2.65. The van der Waals surface area contributed by atoms with Crippen molar-refractivity contribution in [2.75, 3.05) is 26.8 Å². The highest BCUT2D eigenvalue weighted by molar-refractivity contribution is 5.87. The maximum absolute atomic E-state index is 13.2. The third kappa shape index (κ3) is 4.58. The maximum atomic E-state index is 13.2. The Kier molecular flexibility index (Phi) is 6.64. The molecule has 3 heterocycles. The second kappa shape index (κ2) is 10.0. The van der Waals surface area contributed by atoms with E-state index in [1.165, 1.54) is 22.3 Å². The molecule has 5 rings (SSSR count). The van der Waals surface area contributed by atoms with Crippen molar-refractivity contribution in [3.05, 3.63) is 89.7 Å². The summed E-state index contributed by atoms with van der Waals surface area (Å²) >= 11 is 0. The lowest BCUT2D eigenvalue weighted by Gasteiger charge is -2.54. The predicted molar refractivity (Wildman–Crippen MR) is 135 cm³/mol. The van der Waals surface area contributed by atoms with Crippen LogP contribution in [0.2, 0.25) is 0 Å². The van der Waals surface area contributed by atoms with Gasteiger partial charge in [0.05, 0.1) is 25.6 Å². The largest absolute Gasteiger partial charge is 0.383 e. The van der Waals surface area contributed by atoms with Crippen LogP contribution in [0.5, 0.6) is 0 Å². The Morgan fingerprint density at radius 2 is 1.83 bits per heavy atom. The number of carbonyl (C=O) groups is 2. The van der Waals surface area contributed by atoms with E-state index >= 15 is 0 Å². The highest BCUT2D eigenvalue weighted by Gasteiger charge is 2.52. The van der Waals surface area contributed by atoms with E-state index in [0.717, 1.165) is 12.1 Å². The molecule has 0 radical (unpaired) electrons. The van der Waals surface area contributed by atoms with Gasteiger partial charge < -0.3 is 14.5 Å². The van der Waals surface area contributed by atoms with Crippen LogP contribution in [0.3, 0.4) is 0 Å². The van der Waals surface area contributed by atoms with Gasteiger partial charge in [0.25, 0.3) is 0 Å². The first-order valence-electron chi connectivity index (χ1n) is 12.2. The molecular formula is C29H31N3O3. The summed E-state index contributed by atoms with van der Waals surface area (Å²) < 4.78 is 5.52. The van der Waals surface area contributed by atoms with Gasteiger partial charge in [-0.25, -0.2) is 0 Å². The van der Waals surface area contributed by atoms with E-state index in [2.05, 4.69) is 60.4 Å². The molecule has 2 fully saturated rings. The molecule has 1 aromatic heterocycles. The van der Waals surface area contributed by atoms with Gasteiger partial charge in [-0.3, -0.25) is 14.6 Å². The van der Waals surface area contributed by atoms with Gasteiger partial charge in [-0.2, -0.15) is 0 Å². The molecule has 6 nitrogen and oxygen atoms in total. The van der Waals surface area contributed by atoms with Crippen LogP contribution in [0.25, 0.3) is 11.1 Å². The topological polar surface area (TPSA) is 62.7 Å². The maximum Gasteiger partial charge on any atom is 0.242 e. The molecule has 2 saturated heterocycles. The molecule has 0 saturated carbocycles. The Morgan fingerprint density at radius 3 is 2.54 bits per heavy atom. The molecule has 0 bridgehead atoms. The molecule has 2 aliphatic heterocycles. The Bertz CT molecular complexity index is 1200. The summed E-state index contributed by atoms with van der Waals surface area (Å²) in [6.07, 6.45) is 2.65. The van der Waals surface area contributed by atoms with Crippen molar-refractivity contribution in [2.45, 2.75) is 37.8 Å². The average molecular weight is 470 g/mol. The van der Waals surface area contributed by atoms with Crippen LogP contribution in [-0.2, 0) is 20.7 Å². The van der Waals surface area contributed by atoms with E-state index in [9.17, 15) is 9.59 Å².